The molecule has 3 rings (SSSR count). The lowest BCUT2D eigenvalue weighted by Gasteiger charge is -2.32. The molecule has 25 heavy (non-hydrogen) atoms. The van der Waals surface area contributed by atoms with Crippen LogP contribution >= 0.6 is 11.6 Å². The van der Waals surface area contributed by atoms with Crippen LogP contribution in [-0.2, 0) is 16.8 Å². The Hall–Kier alpha value is -0.770. The molecule has 1 aromatic carbocycles. The van der Waals surface area contributed by atoms with Gasteiger partial charge in [-0.25, -0.2) is 4.39 Å². The molecule has 0 spiro atoms. The first-order valence-electron chi connectivity index (χ1n) is 8.48. The normalized spacial score (nSPS) is 23.4. The summed E-state index contributed by atoms with van der Waals surface area (Å²) in [5, 5.41) is 3.54. The molecule has 140 valence electrons. The highest BCUT2D eigenvalue weighted by Crippen LogP contribution is 2.25. The first kappa shape index (κ1) is 19.0. The summed E-state index contributed by atoms with van der Waals surface area (Å²) in [7, 11) is -2.17. The van der Waals surface area contributed by atoms with Crippen LogP contribution in [0.2, 0.25) is 5.02 Å². The maximum absolute atomic E-state index is 13.9. The Morgan fingerprint density at radius 1 is 1.32 bits per heavy atom. The zero-order valence-corrected chi connectivity index (χ0v) is 15.9. The molecule has 2 aliphatic rings. The molecule has 0 radical (unpaired) electrons. The molecule has 0 aromatic heterocycles. The van der Waals surface area contributed by atoms with E-state index < -0.39 is 16.0 Å². The maximum Gasteiger partial charge on any atom is 0.282 e. The SMILES string of the molecule is CN(Cc1c(F)cccc1Cl)S(=O)(=O)N1CCC(N2CCNCC2)C1. The van der Waals surface area contributed by atoms with Gasteiger partial charge in [0.2, 0.25) is 0 Å². The molecule has 0 bridgehead atoms. The summed E-state index contributed by atoms with van der Waals surface area (Å²) in [4.78, 5) is 2.35. The Balaban J connectivity index is 1.67. The molecule has 2 aliphatic heterocycles. The van der Waals surface area contributed by atoms with Crippen LogP contribution in [0.1, 0.15) is 12.0 Å². The fourth-order valence-electron chi connectivity index (χ4n) is 3.45. The standard InChI is InChI=1S/C16H24ClFN4O2S/c1-20(12-14-15(17)3-2-4-16(14)18)25(23,24)22-8-5-13(11-22)21-9-6-19-7-10-21/h2-4,13,19H,5-12H2,1H3. The topological polar surface area (TPSA) is 55.9 Å². The van der Waals surface area contributed by atoms with Crippen LogP contribution in [0.25, 0.3) is 0 Å². The lowest BCUT2D eigenvalue weighted by atomic mass is 10.2. The molecule has 2 heterocycles. The number of piperazine rings is 1. The van der Waals surface area contributed by atoms with E-state index in [0.29, 0.717) is 13.1 Å². The van der Waals surface area contributed by atoms with Crippen molar-refractivity contribution in [2.75, 3.05) is 46.3 Å². The van der Waals surface area contributed by atoms with Gasteiger partial charge in [0.15, 0.2) is 0 Å². The van der Waals surface area contributed by atoms with Crippen molar-refractivity contribution in [3.05, 3.63) is 34.6 Å². The van der Waals surface area contributed by atoms with Crippen molar-refractivity contribution < 1.29 is 12.8 Å². The van der Waals surface area contributed by atoms with Crippen molar-refractivity contribution in [1.29, 1.82) is 0 Å². The third-order valence-electron chi connectivity index (χ3n) is 4.96. The molecule has 0 saturated carbocycles. The molecule has 6 nitrogen and oxygen atoms in total. The van der Waals surface area contributed by atoms with E-state index >= 15 is 0 Å². The van der Waals surface area contributed by atoms with Crippen LogP contribution in [0.5, 0.6) is 0 Å². The van der Waals surface area contributed by atoms with Crippen LogP contribution < -0.4 is 5.32 Å². The zero-order valence-electron chi connectivity index (χ0n) is 14.3. The summed E-state index contributed by atoms with van der Waals surface area (Å²) in [6.07, 6.45) is 0.827. The van der Waals surface area contributed by atoms with Crippen molar-refractivity contribution >= 4 is 21.8 Å². The summed E-state index contributed by atoms with van der Waals surface area (Å²) in [5.41, 5.74) is 0.202. The molecule has 9 heteroatoms. The second kappa shape index (κ2) is 7.85. The molecule has 2 saturated heterocycles. The Morgan fingerprint density at radius 3 is 2.72 bits per heavy atom. The smallest absolute Gasteiger partial charge is 0.282 e. The molecule has 1 unspecified atom stereocenters. The van der Waals surface area contributed by atoms with Crippen LogP contribution in [0, 0.1) is 5.82 Å². The van der Waals surface area contributed by atoms with Crippen molar-refractivity contribution in [1.82, 2.24) is 18.8 Å². The summed E-state index contributed by atoms with van der Waals surface area (Å²) >= 11 is 6.02. The van der Waals surface area contributed by atoms with Gasteiger partial charge in [-0.3, -0.25) is 4.90 Å². The van der Waals surface area contributed by atoms with Gasteiger partial charge in [-0.05, 0) is 18.6 Å². The molecule has 2 fully saturated rings. The monoisotopic (exact) mass is 390 g/mol. The van der Waals surface area contributed by atoms with Gasteiger partial charge in [-0.2, -0.15) is 17.0 Å². The Labute approximate surface area is 153 Å². The van der Waals surface area contributed by atoms with Crippen LogP contribution in [0.15, 0.2) is 18.2 Å². The third-order valence-corrected chi connectivity index (χ3v) is 7.21. The van der Waals surface area contributed by atoms with Gasteiger partial charge >= 0.3 is 0 Å². The highest BCUT2D eigenvalue weighted by molar-refractivity contribution is 7.86. The molecular weight excluding hydrogens is 367 g/mol. The zero-order chi connectivity index (χ0) is 18.0. The van der Waals surface area contributed by atoms with E-state index in [2.05, 4.69) is 10.2 Å². The van der Waals surface area contributed by atoms with E-state index in [0.717, 1.165) is 32.6 Å². The Kier molecular flexibility index (Phi) is 5.97. The van der Waals surface area contributed by atoms with E-state index in [9.17, 15) is 12.8 Å². The number of halogens is 2. The van der Waals surface area contributed by atoms with Crippen molar-refractivity contribution in [3.8, 4) is 0 Å². The van der Waals surface area contributed by atoms with Crippen LogP contribution in [0.4, 0.5) is 4.39 Å². The predicted molar refractivity (Wildman–Crippen MR) is 96.2 cm³/mol. The van der Waals surface area contributed by atoms with E-state index in [1.165, 1.54) is 27.8 Å². The molecule has 0 aliphatic carbocycles. The van der Waals surface area contributed by atoms with Crippen LogP contribution in [-0.4, -0.2) is 74.3 Å². The molecule has 0 amide bonds. The van der Waals surface area contributed by atoms with Crippen molar-refractivity contribution in [3.63, 3.8) is 0 Å². The fraction of sp³-hybridized carbons (Fsp3) is 0.625. The Morgan fingerprint density at radius 2 is 2.04 bits per heavy atom. The van der Waals surface area contributed by atoms with Gasteiger partial charge in [0.1, 0.15) is 5.82 Å². The van der Waals surface area contributed by atoms with Crippen molar-refractivity contribution in [2.45, 2.75) is 19.0 Å². The summed E-state index contributed by atoms with van der Waals surface area (Å²) in [6.45, 7) is 4.66. The maximum atomic E-state index is 13.9. The first-order valence-corrected chi connectivity index (χ1v) is 10.3. The minimum atomic E-state index is -3.64. The largest absolute Gasteiger partial charge is 0.314 e. The summed E-state index contributed by atoms with van der Waals surface area (Å²) in [6, 6.07) is 4.62. The van der Waals surface area contributed by atoms with E-state index in [-0.39, 0.29) is 23.2 Å². The molecule has 1 N–H and O–H groups in total. The van der Waals surface area contributed by atoms with Gasteiger partial charge in [0.25, 0.3) is 10.2 Å². The van der Waals surface area contributed by atoms with Gasteiger partial charge in [0, 0.05) is 69.5 Å². The van der Waals surface area contributed by atoms with E-state index in [1.807, 2.05) is 0 Å². The number of benzene rings is 1. The lowest BCUT2D eigenvalue weighted by Crippen LogP contribution is -2.50. The minimum Gasteiger partial charge on any atom is -0.314 e. The second-order valence-corrected chi connectivity index (χ2v) is 8.99. The number of rotatable bonds is 5. The van der Waals surface area contributed by atoms with Crippen molar-refractivity contribution in [2.24, 2.45) is 0 Å². The van der Waals surface area contributed by atoms with E-state index in [4.69, 9.17) is 11.6 Å². The van der Waals surface area contributed by atoms with Gasteiger partial charge in [0.05, 0.1) is 0 Å². The second-order valence-electron chi connectivity index (χ2n) is 6.55. The van der Waals surface area contributed by atoms with Gasteiger partial charge in [-0.15, -0.1) is 0 Å². The average Bonchev–Trinajstić information content (AvgIpc) is 3.10. The highest BCUT2D eigenvalue weighted by atomic mass is 35.5. The van der Waals surface area contributed by atoms with Crippen LogP contribution in [0.3, 0.4) is 0 Å². The predicted octanol–water partition coefficient (Wildman–Crippen LogP) is 1.14. The number of nitrogens with zero attached hydrogens (tertiary/aromatic N) is 3. The third kappa shape index (κ3) is 4.15. The summed E-state index contributed by atoms with van der Waals surface area (Å²) in [5.74, 6) is -0.491. The fourth-order valence-corrected chi connectivity index (χ4v) is 5.06. The highest BCUT2D eigenvalue weighted by Gasteiger charge is 2.37. The molecule has 1 aromatic rings. The number of nitrogens with one attached hydrogen (secondary N) is 1. The number of hydrogen-bond acceptors (Lipinski definition) is 4. The van der Waals surface area contributed by atoms with Gasteiger partial charge in [-0.1, -0.05) is 17.7 Å². The molecule has 1 atom stereocenters. The average molecular weight is 391 g/mol. The number of hydrogen-bond donors (Lipinski definition) is 1. The first-order chi connectivity index (χ1) is 11.9. The minimum absolute atomic E-state index is 0.0807. The quantitative estimate of drug-likeness (QED) is 0.819. The van der Waals surface area contributed by atoms with E-state index in [1.54, 1.807) is 6.07 Å². The Bertz CT molecular complexity index is 692. The molecular formula is C16H24ClFN4O2S. The summed E-state index contributed by atoms with van der Waals surface area (Å²) < 4.78 is 42.3. The van der Waals surface area contributed by atoms with Gasteiger partial charge < -0.3 is 5.32 Å². The lowest BCUT2D eigenvalue weighted by molar-refractivity contribution is 0.179.